The lowest BCUT2D eigenvalue weighted by molar-refractivity contribution is 0.562. The summed E-state index contributed by atoms with van der Waals surface area (Å²) in [6.45, 7) is 7.26. The van der Waals surface area contributed by atoms with Gasteiger partial charge < -0.3 is 5.73 Å². The van der Waals surface area contributed by atoms with Crippen LogP contribution >= 0.6 is 11.8 Å². The van der Waals surface area contributed by atoms with Crippen molar-refractivity contribution in [1.82, 2.24) is 0 Å². The van der Waals surface area contributed by atoms with Gasteiger partial charge in [0.1, 0.15) is 0 Å². The van der Waals surface area contributed by atoms with Gasteiger partial charge in [-0.1, -0.05) is 6.92 Å². The molecule has 0 radical (unpaired) electrons. The summed E-state index contributed by atoms with van der Waals surface area (Å²) in [6, 6.07) is 0.187. The Kier molecular flexibility index (Phi) is 6.21. The zero-order valence-corrected chi connectivity index (χ0v) is 11.7. The maximum Gasteiger partial charge on any atom is 0.155 e. The minimum absolute atomic E-state index is 0.187. The molecule has 0 spiro atoms. The maximum atomic E-state index is 11.7. The molecule has 15 heavy (non-hydrogen) atoms. The average Bonchev–Trinajstić information content (AvgIpc) is 2.10. The summed E-state index contributed by atoms with van der Waals surface area (Å²) < 4.78 is 22.8. The molecular formula is C10H23NO2S2. The first-order chi connectivity index (χ1) is 6.70. The van der Waals surface area contributed by atoms with Crippen LogP contribution in [0.5, 0.6) is 0 Å². The van der Waals surface area contributed by atoms with Crippen LogP contribution in [0.15, 0.2) is 0 Å². The molecule has 0 aromatic rings. The molecule has 2 N–H and O–H groups in total. The van der Waals surface area contributed by atoms with Crippen LogP contribution in [-0.2, 0) is 9.84 Å². The lowest BCUT2D eigenvalue weighted by Gasteiger charge is -2.19. The number of sulfone groups is 1. The molecule has 0 fully saturated rings. The van der Waals surface area contributed by atoms with Crippen molar-refractivity contribution in [3.05, 3.63) is 0 Å². The molecule has 5 heteroatoms. The van der Waals surface area contributed by atoms with Crippen molar-refractivity contribution in [2.45, 2.75) is 44.9 Å². The maximum absolute atomic E-state index is 11.7. The van der Waals surface area contributed by atoms with Crippen LogP contribution in [0.25, 0.3) is 0 Å². The third kappa shape index (κ3) is 5.78. The average molecular weight is 253 g/mol. The van der Waals surface area contributed by atoms with Crippen molar-refractivity contribution in [2.24, 2.45) is 5.73 Å². The number of hydrogen-bond donors (Lipinski definition) is 1. The van der Waals surface area contributed by atoms with Gasteiger partial charge in [-0.2, -0.15) is 11.8 Å². The fourth-order valence-electron chi connectivity index (χ4n) is 0.827. The summed E-state index contributed by atoms with van der Waals surface area (Å²) in [7, 11) is -2.96. The molecule has 3 nitrogen and oxygen atoms in total. The van der Waals surface area contributed by atoms with E-state index in [0.717, 1.165) is 12.2 Å². The van der Waals surface area contributed by atoms with E-state index in [2.05, 4.69) is 0 Å². The smallest absolute Gasteiger partial charge is 0.155 e. The lowest BCUT2D eigenvalue weighted by atomic mass is 10.3. The topological polar surface area (TPSA) is 60.2 Å². The molecule has 0 aromatic carbocycles. The Balaban J connectivity index is 3.88. The first kappa shape index (κ1) is 15.3. The molecular weight excluding hydrogens is 230 g/mol. The van der Waals surface area contributed by atoms with Crippen molar-refractivity contribution < 1.29 is 8.42 Å². The summed E-state index contributed by atoms with van der Waals surface area (Å²) in [4.78, 5) is 0. The molecule has 0 aliphatic rings. The molecule has 0 aliphatic heterocycles. The second-order valence-corrected chi connectivity index (χ2v) is 8.69. The van der Waals surface area contributed by atoms with Crippen LogP contribution in [0.1, 0.15) is 34.1 Å². The van der Waals surface area contributed by atoms with Crippen molar-refractivity contribution in [1.29, 1.82) is 0 Å². The molecule has 0 saturated carbocycles. The SMILES string of the molecule is CCC(N)CSCCS(=O)(=O)C(C)(C)C. The third-order valence-electron chi connectivity index (χ3n) is 2.29. The zero-order chi connectivity index (χ0) is 12.1. The molecule has 0 heterocycles. The van der Waals surface area contributed by atoms with Gasteiger partial charge in [-0.3, -0.25) is 0 Å². The predicted octanol–water partition coefficient (Wildman–Crippen LogP) is 1.67. The third-order valence-corrected chi connectivity index (χ3v) is 6.31. The summed E-state index contributed by atoms with van der Waals surface area (Å²) in [5.74, 6) is 1.74. The summed E-state index contributed by atoms with van der Waals surface area (Å²) >= 11 is 1.62. The molecule has 0 aromatic heterocycles. The lowest BCUT2D eigenvalue weighted by Crippen LogP contribution is -2.31. The summed E-state index contributed by atoms with van der Waals surface area (Å²) in [5.41, 5.74) is 5.74. The van der Waals surface area contributed by atoms with Gasteiger partial charge in [-0.15, -0.1) is 0 Å². The van der Waals surface area contributed by atoms with Crippen LogP contribution in [0.3, 0.4) is 0 Å². The Labute approximate surface area is 98.1 Å². The van der Waals surface area contributed by atoms with E-state index in [1.165, 1.54) is 0 Å². The van der Waals surface area contributed by atoms with E-state index in [-0.39, 0.29) is 11.8 Å². The highest BCUT2D eigenvalue weighted by Gasteiger charge is 2.28. The highest BCUT2D eigenvalue weighted by atomic mass is 32.2. The number of rotatable bonds is 6. The van der Waals surface area contributed by atoms with Crippen LogP contribution in [0, 0.1) is 0 Å². The van der Waals surface area contributed by atoms with Crippen molar-refractivity contribution in [3.63, 3.8) is 0 Å². The Morgan fingerprint density at radius 3 is 2.27 bits per heavy atom. The van der Waals surface area contributed by atoms with E-state index >= 15 is 0 Å². The Bertz CT molecular complexity index is 268. The number of hydrogen-bond acceptors (Lipinski definition) is 4. The van der Waals surface area contributed by atoms with Crippen molar-refractivity contribution in [3.8, 4) is 0 Å². The van der Waals surface area contributed by atoms with Crippen LogP contribution in [0.4, 0.5) is 0 Å². The van der Waals surface area contributed by atoms with E-state index in [9.17, 15) is 8.42 Å². The van der Waals surface area contributed by atoms with Gasteiger partial charge in [0.15, 0.2) is 9.84 Å². The van der Waals surface area contributed by atoms with Crippen LogP contribution < -0.4 is 5.73 Å². The molecule has 1 atom stereocenters. The molecule has 0 bridgehead atoms. The van der Waals surface area contributed by atoms with Crippen LogP contribution in [0.2, 0.25) is 0 Å². The van der Waals surface area contributed by atoms with Gasteiger partial charge in [0.2, 0.25) is 0 Å². The van der Waals surface area contributed by atoms with Gasteiger partial charge >= 0.3 is 0 Å². The summed E-state index contributed by atoms with van der Waals surface area (Å²) in [5, 5.41) is 0. The van der Waals surface area contributed by atoms with Gasteiger partial charge in [0.05, 0.1) is 10.5 Å². The van der Waals surface area contributed by atoms with Crippen molar-refractivity contribution in [2.75, 3.05) is 17.3 Å². The monoisotopic (exact) mass is 253 g/mol. The zero-order valence-electron chi connectivity index (χ0n) is 10.1. The second kappa shape index (κ2) is 6.11. The van der Waals surface area contributed by atoms with Gasteiger partial charge in [-0.05, 0) is 27.2 Å². The molecule has 1 unspecified atom stereocenters. The minimum atomic E-state index is -2.96. The van der Waals surface area contributed by atoms with Gasteiger partial charge in [0.25, 0.3) is 0 Å². The minimum Gasteiger partial charge on any atom is -0.327 e. The van der Waals surface area contributed by atoms with E-state index in [1.807, 2.05) is 6.92 Å². The Hall–Kier alpha value is 0.260. The number of thioether (sulfide) groups is 1. The quantitative estimate of drug-likeness (QED) is 0.732. The van der Waals surface area contributed by atoms with E-state index in [0.29, 0.717) is 5.75 Å². The van der Waals surface area contributed by atoms with E-state index in [1.54, 1.807) is 32.5 Å². The Morgan fingerprint density at radius 1 is 1.33 bits per heavy atom. The highest BCUT2D eigenvalue weighted by Crippen LogP contribution is 2.17. The fourth-order valence-corrected chi connectivity index (χ4v) is 3.49. The predicted molar refractivity (Wildman–Crippen MR) is 69.1 cm³/mol. The molecule has 0 rings (SSSR count). The first-order valence-corrected chi connectivity index (χ1v) is 8.07. The van der Waals surface area contributed by atoms with E-state index in [4.69, 9.17) is 5.73 Å². The summed E-state index contributed by atoms with van der Waals surface area (Å²) in [6.07, 6.45) is 0.943. The van der Waals surface area contributed by atoms with E-state index < -0.39 is 14.6 Å². The fraction of sp³-hybridized carbons (Fsp3) is 1.00. The van der Waals surface area contributed by atoms with Crippen molar-refractivity contribution >= 4 is 21.6 Å². The largest absolute Gasteiger partial charge is 0.327 e. The normalized spacial score (nSPS) is 15.3. The van der Waals surface area contributed by atoms with Gasteiger partial charge in [-0.25, -0.2) is 8.42 Å². The number of nitrogens with two attached hydrogens (primary N) is 1. The molecule has 0 amide bonds. The van der Waals surface area contributed by atoms with Gasteiger partial charge in [0, 0.05) is 17.5 Å². The van der Waals surface area contributed by atoms with Crippen LogP contribution in [-0.4, -0.2) is 36.5 Å². The second-order valence-electron chi connectivity index (χ2n) is 4.67. The molecule has 0 aliphatic carbocycles. The molecule has 92 valence electrons. The molecule has 0 saturated heterocycles. The standard InChI is InChI=1S/C10H23NO2S2/c1-5-9(11)8-14-6-7-15(12,13)10(2,3)4/h9H,5-8,11H2,1-4H3. The highest BCUT2D eigenvalue weighted by molar-refractivity contribution is 8.00. The first-order valence-electron chi connectivity index (χ1n) is 5.26. The Morgan fingerprint density at radius 2 is 1.87 bits per heavy atom.